The second-order valence-corrected chi connectivity index (χ2v) is 17.9. The van der Waals surface area contributed by atoms with Crippen LogP contribution in [0.4, 0.5) is 0 Å². The Bertz CT molecular complexity index is 30.0. The van der Waals surface area contributed by atoms with E-state index in [1.165, 1.54) is 0 Å². The maximum atomic E-state index is 2.42. The van der Waals surface area contributed by atoms with E-state index in [9.17, 15) is 0 Å². The van der Waals surface area contributed by atoms with Crippen LogP contribution in [0.2, 0.25) is 0 Å². The van der Waals surface area contributed by atoms with Crippen molar-refractivity contribution in [2.75, 3.05) is 14.1 Å². The molecule has 0 heterocycles. The second-order valence-electron chi connectivity index (χ2n) is 1.80. The molecule has 0 aliphatic heterocycles. The highest BCUT2D eigenvalue weighted by Crippen LogP contribution is 1.59. The molecule has 0 aromatic carbocycles. The van der Waals surface area contributed by atoms with Crippen LogP contribution >= 0.6 is 0 Å². The third-order valence-corrected chi connectivity index (χ3v) is 10.1. The first-order valence-corrected chi connectivity index (χ1v) is 12.7. The van der Waals surface area contributed by atoms with Gasteiger partial charge in [-0.05, 0) is 23.9 Å². The van der Waals surface area contributed by atoms with Crippen molar-refractivity contribution in [3.05, 3.63) is 0 Å². The zero-order chi connectivity index (χ0) is 4.99. The van der Waals surface area contributed by atoms with Gasteiger partial charge in [-0.2, -0.15) is 0 Å². The first-order chi connectivity index (χ1) is 2.77. The van der Waals surface area contributed by atoms with Gasteiger partial charge in [-0.15, -0.1) is 0 Å². The van der Waals surface area contributed by atoms with Crippen molar-refractivity contribution in [2.24, 2.45) is 0 Å². The van der Waals surface area contributed by atoms with E-state index in [-0.39, 0.29) is 0 Å². The van der Waals surface area contributed by atoms with Crippen LogP contribution in [0.25, 0.3) is 0 Å². The van der Waals surface area contributed by atoms with E-state index in [2.05, 4.69) is 18.7 Å². The van der Waals surface area contributed by atoms with Gasteiger partial charge in [0.2, 0.25) is 0 Å². The Hall–Kier alpha value is 0.611. The van der Waals surface area contributed by atoms with E-state index in [4.69, 9.17) is 0 Å². The molecule has 0 saturated heterocycles. The highest BCUT2D eigenvalue weighted by atomic mass is 29.5. The van der Waals surface area contributed by atoms with E-state index in [1.807, 2.05) is 0 Å². The summed E-state index contributed by atoms with van der Waals surface area (Å²) in [6, 6.07) is 0. The van der Waals surface area contributed by atoms with E-state index in [0.717, 1.165) is 0 Å². The first-order valence-electron chi connectivity index (χ1n) is 2.42. The van der Waals surface area contributed by atoms with Crippen LogP contribution in [0.3, 0.4) is 0 Å². The summed E-state index contributed by atoms with van der Waals surface area (Å²) in [5.74, 6) is 0. The summed E-state index contributed by atoms with van der Waals surface area (Å²) in [5, 5.41) is 0. The van der Waals surface area contributed by atoms with Crippen LogP contribution < -0.4 is 0 Å². The van der Waals surface area contributed by atoms with Crippen molar-refractivity contribution in [2.45, 2.75) is 0 Å². The van der Waals surface area contributed by atoms with Gasteiger partial charge in [0.1, 0.15) is 0 Å². The minimum absolute atomic E-state index is 0.390. The smallest absolute Gasteiger partial charge is 0.0754 e. The third kappa shape index (κ3) is 4.61. The monoisotopic (exact) mass is 135 g/mol. The molecule has 0 radical (unpaired) electrons. The van der Waals surface area contributed by atoms with Crippen LogP contribution in [0.1, 0.15) is 0 Å². The van der Waals surface area contributed by atoms with Crippen LogP contribution in [0.15, 0.2) is 0 Å². The minimum atomic E-state index is 0.390. The van der Waals surface area contributed by atoms with Gasteiger partial charge in [-0.25, -0.2) is 0 Å². The highest BCUT2D eigenvalue weighted by molar-refractivity contribution is 7.22. The van der Waals surface area contributed by atoms with Gasteiger partial charge in [0, 0.05) is 8.55 Å². The van der Waals surface area contributed by atoms with Crippen molar-refractivity contribution < 1.29 is 0 Å². The molecule has 4 heteroatoms. The fraction of sp³-hybridized carbons (Fsp3) is 1.00. The van der Waals surface area contributed by atoms with E-state index in [1.54, 1.807) is 9.76 Å². The Morgan fingerprint density at radius 1 is 1.50 bits per heavy atom. The Balaban J connectivity index is 2.63. The van der Waals surface area contributed by atoms with Gasteiger partial charge in [0.05, 0.1) is 9.20 Å². The number of rotatable bonds is 2. The molecular weight excluding hydrogens is 122 g/mol. The molecule has 0 aromatic heterocycles. The normalized spacial score (nSPS) is 14.5. The molecule has 38 valence electrons. The number of nitrogens with zero attached hydrogens (tertiary/aromatic N) is 1. The lowest BCUT2D eigenvalue weighted by molar-refractivity contribution is 0.673. The molecule has 0 aliphatic carbocycles. The van der Waals surface area contributed by atoms with Crippen LogP contribution in [-0.4, -0.2) is 46.2 Å². The van der Waals surface area contributed by atoms with Crippen molar-refractivity contribution in [3.63, 3.8) is 0 Å². The molecule has 0 unspecified atom stereocenters. The van der Waals surface area contributed by atoms with Crippen molar-refractivity contribution in [3.8, 4) is 0 Å². The molecule has 0 aliphatic rings. The zero-order valence-electron chi connectivity index (χ0n) is 4.86. The lowest BCUT2D eigenvalue weighted by atomic mass is 11.3. The average Bonchev–Trinajstić information content (AvgIpc) is 1.35. The molecule has 0 atom stereocenters. The summed E-state index contributed by atoms with van der Waals surface area (Å²) in [4.78, 5) is 0. The maximum Gasteiger partial charge on any atom is 0.0754 e. The predicted molar refractivity (Wildman–Crippen MR) is 40.7 cm³/mol. The Morgan fingerprint density at radius 2 is 2.00 bits per heavy atom. The fourth-order valence-electron chi connectivity index (χ4n) is 0.447. The summed E-state index contributed by atoms with van der Waals surface area (Å²) in [5.41, 5.74) is 0. The summed E-state index contributed by atoms with van der Waals surface area (Å²) >= 11 is 0. The molecule has 1 nitrogen and oxygen atoms in total. The minimum Gasteiger partial charge on any atom is -0.338 e. The summed E-state index contributed by atoms with van der Waals surface area (Å²) in [6.07, 6.45) is 0. The molecule has 0 amide bonds. The Morgan fingerprint density at radius 3 is 2.00 bits per heavy atom. The molecular formula is C2H13NSi3. The van der Waals surface area contributed by atoms with Crippen molar-refractivity contribution in [1.29, 1.82) is 0 Å². The summed E-state index contributed by atoms with van der Waals surface area (Å²) < 4.78 is 2.42. The SMILES string of the molecule is CN(C)[SiH2][SiH2][SiH3]. The van der Waals surface area contributed by atoms with Gasteiger partial charge in [-0.3, -0.25) is 0 Å². The third-order valence-electron chi connectivity index (χ3n) is 0.671. The topological polar surface area (TPSA) is 3.24 Å². The Kier molecular flexibility index (Phi) is 4.17. The van der Waals surface area contributed by atoms with Gasteiger partial charge in [0.25, 0.3) is 0 Å². The molecule has 0 rings (SSSR count). The molecule has 0 saturated carbocycles. The van der Waals surface area contributed by atoms with Gasteiger partial charge in [0.15, 0.2) is 0 Å². The van der Waals surface area contributed by atoms with Gasteiger partial charge in [-0.1, -0.05) is 0 Å². The summed E-state index contributed by atoms with van der Waals surface area (Å²) in [6.45, 7) is 0. The number of hydrogen-bond acceptors (Lipinski definition) is 1. The molecule has 0 N–H and O–H groups in total. The maximum absolute atomic E-state index is 2.42. The quantitative estimate of drug-likeness (QED) is 0.365. The fourth-order valence-corrected chi connectivity index (χ4v) is 12.1. The second kappa shape index (κ2) is 3.79. The number of hydrogen-bond donors (Lipinski definition) is 0. The predicted octanol–water partition coefficient (Wildman–Crippen LogP) is -3.00. The van der Waals surface area contributed by atoms with E-state index in [0.29, 0.717) is 17.8 Å². The van der Waals surface area contributed by atoms with Crippen LogP contribution in [0.5, 0.6) is 0 Å². The zero-order valence-corrected chi connectivity index (χ0v) is 9.69. The van der Waals surface area contributed by atoms with Crippen molar-refractivity contribution >= 4 is 27.5 Å². The van der Waals surface area contributed by atoms with Gasteiger partial charge >= 0.3 is 0 Å². The standard InChI is InChI=1S/C2H13NSi3/c1-3(2)5-6-4/h5-6H2,1-2,4H3. The van der Waals surface area contributed by atoms with Crippen LogP contribution in [-0.2, 0) is 0 Å². The molecule has 6 heavy (non-hydrogen) atoms. The molecule has 0 aromatic rings. The van der Waals surface area contributed by atoms with E-state index < -0.39 is 0 Å². The largest absolute Gasteiger partial charge is 0.338 e. The van der Waals surface area contributed by atoms with Crippen LogP contribution in [0, 0.1) is 0 Å². The molecule has 0 bridgehead atoms. The first kappa shape index (κ1) is 6.61. The van der Waals surface area contributed by atoms with E-state index >= 15 is 0 Å². The lowest BCUT2D eigenvalue weighted by Gasteiger charge is -2.02. The Labute approximate surface area is 46.8 Å². The lowest BCUT2D eigenvalue weighted by Crippen LogP contribution is -2.23. The van der Waals surface area contributed by atoms with Gasteiger partial charge < -0.3 is 4.57 Å². The van der Waals surface area contributed by atoms with Crippen molar-refractivity contribution in [1.82, 2.24) is 4.57 Å². The molecule has 0 fully saturated rings. The molecule has 0 spiro atoms. The summed E-state index contributed by atoms with van der Waals surface area (Å²) in [7, 11) is 6.92. The average molecular weight is 135 g/mol. The highest BCUT2D eigenvalue weighted by Gasteiger charge is 1.82.